The van der Waals surface area contributed by atoms with Crippen LogP contribution in [-0.2, 0) is 6.61 Å². The van der Waals surface area contributed by atoms with Gasteiger partial charge in [0.05, 0.1) is 11.3 Å². The van der Waals surface area contributed by atoms with Crippen LogP contribution >= 0.6 is 0 Å². The molecule has 31 heavy (non-hydrogen) atoms. The molecule has 0 aliphatic heterocycles. The summed E-state index contributed by atoms with van der Waals surface area (Å²) in [7, 11) is 0. The highest BCUT2D eigenvalue weighted by Gasteiger charge is 2.11. The zero-order valence-electron chi connectivity index (χ0n) is 17.6. The van der Waals surface area contributed by atoms with Gasteiger partial charge in [-0.25, -0.2) is 4.39 Å². The van der Waals surface area contributed by atoms with E-state index in [1.165, 1.54) is 6.07 Å². The van der Waals surface area contributed by atoms with Crippen molar-refractivity contribution in [3.8, 4) is 5.75 Å². The van der Waals surface area contributed by atoms with Crippen molar-refractivity contribution in [2.24, 2.45) is 0 Å². The third-order valence-corrected chi connectivity index (χ3v) is 4.81. The van der Waals surface area contributed by atoms with Gasteiger partial charge in [-0.3, -0.25) is 9.59 Å². The minimum Gasteiger partial charge on any atom is -0.489 e. The zero-order valence-corrected chi connectivity index (χ0v) is 17.6. The molecule has 0 radical (unpaired) electrons. The standard InChI is InChI=1S/C23H24FN3O4/c1-14-4-5-18(12-21(14)24)23(29)26-11-10-25-22(28)17-6-8-19(9-7-17)30-13-20-15(2)27-31-16(20)3/h4-9,12H,10-11,13H2,1-3H3,(H,25,28)(H,26,29). The number of ether oxygens (including phenoxy) is 1. The molecule has 0 bridgehead atoms. The minimum atomic E-state index is -0.430. The van der Waals surface area contributed by atoms with E-state index in [1.54, 1.807) is 43.3 Å². The summed E-state index contributed by atoms with van der Waals surface area (Å²) in [5.74, 6) is 0.239. The molecule has 0 unspecified atom stereocenters. The fourth-order valence-corrected chi connectivity index (χ4v) is 2.86. The van der Waals surface area contributed by atoms with Gasteiger partial charge in [0, 0.05) is 24.2 Å². The first kappa shape index (κ1) is 22.0. The largest absolute Gasteiger partial charge is 0.489 e. The molecular weight excluding hydrogens is 401 g/mol. The third kappa shape index (κ3) is 5.69. The molecule has 0 aliphatic carbocycles. The van der Waals surface area contributed by atoms with Gasteiger partial charge in [0.1, 0.15) is 23.9 Å². The van der Waals surface area contributed by atoms with Gasteiger partial charge in [0.15, 0.2) is 0 Å². The molecule has 3 aromatic rings. The lowest BCUT2D eigenvalue weighted by Gasteiger charge is -2.09. The maximum atomic E-state index is 13.6. The van der Waals surface area contributed by atoms with Gasteiger partial charge >= 0.3 is 0 Å². The highest BCUT2D eigenvalue weighted by atomic mass is 19.1. The Balaban J connectivity index is 1.43. The van der Waals surface area contributed by atoms with Crippen LogP contribution in [-0.4, -0.2) is 30.1 Å². The molecule has 0 saturated heterocycles. The van der Waals surface area contributed by atoms with Crippen molar-refractivity contribution < 1.29 is 23.2 Å². The number of amides is 2. The first-order chi connectivity index (χ1) is 14.8. The lowest BCUT2D eigenvalue weighted by atomic mass is 10.1. The van der Waals surface area contributed by atoms with Crippen LogP contribution in [0.1, 0.15) is 43.3 Å². The number of nitrogens with one attached hydrogen (secondary N) is 2. The molecule has 0 fully saturated rings. The second-order valence-electron chi connectivity index (χ2n) is 7.09. The lowest BCUT2D eigenvalue weighted by Crippen LogP contribution is -2.34. The summed E-state index contributed by atoms with van der Waals surface area (Å²) in [5.41, 5.74) is 2.87. The Labute approximate surface area is 179 Å². The zero-order chi connectivity index (χ0) is 22.4. The van der Waals surface area contributed by atoms with Crippen LogP contribution in [0.25, 0.3) is 0 Å². The van der Waals surface area contributed by atoms with E-state index in [4.69, 9.17) is 9.26 Å². The number of halogens is 1. The van der Waals surface area contributed by atoms with Crippen molar-refractivity contribution in [3.63, 3.8) is 0 Å². The Hall–Kier alpha value is -3.68. The van der Waals surface area contributed by atoms with Crippen LogP contribution in [0.5, 0.6) is 5.75 Å². The van der Waals surface area contributed by atoms with Crippen molar-refractivity contribution in [3.05, 3.63) is 82.0 Å². The van der Waals surface area contributed by atoms with Crippen LogP contribution < -0.4 is 15.4 Å². The lowest BCUT2D eigenvalue weighted by molar-refractivity contribution is 0.0927. The number of aryl methyl sites for hydroxylation is 3. The molecule has 7 nitrogen and oxygen atoms in total. The van der Waals surface area contributed by atoms with E-state index < -0.39 is 11.7 Å². The van der Waals surface area contributed by atoms with Crippen molar-refractivity contribution in [2.75, 3.05) is 13.1 Å². The Morgan fingerprint density at radius 1 is 0.968 bits per heavy atom. The number of nitrogens with zero attached hydrogens (tertiary/aromatic N) is 1. The first-order valence-electron chi connectivity index (χ1n) is 9.82. The second-order valence-corrected chi connectivity index (χ2v) is 7.09. The van der Waals surface area contributed by atoms with Crippen LogP contribution in [0.3, 0.4) is 0 Å². The summed E-state index contributed by atoms with van der Waals surface area (Å²) in [6.45, 7) is 6.10. The summed E-state index contributed by atoms with van der Waals surface area (Å²) in [5, 5.41) is 9.26. The van der Waals surface area contributed by atoms with Crippen LogP contribution in [0.2, 0.25) is 0 Å². The second kappa shape index (κ2) is 9.88. The third-order valence-electron chi connectivity index (χ3n) is 4.81. The van der Waals surface area contributed by atoms with Gasteiger partial charge in [-0.15, -0.1) is 0 Å². The van der Waals surface area contributed by atoms with Gasteiger partial charge in [-0.2, -0.15) is 0 Å². The van der Waals surface area contributed by atoms with E-state index in [0.717, 1.165) is 11.3 Å². The van der Waals surface area contributed by atoms with E-state index >= 15 is 0 Å². The molecule has 0 saturated carbocycles. The van der Waals surface area contributed by atoms with Gasteiger partial charge in [-0.05, 0) is 62.7 Å². The number of hydrogen-bond donors (Lipinski definition) is 2. The van der Waals surface area contributed by atoms with Gasteiger partial charge in [-0.1, -0.05) is 11.2 Å². The molecule has 0 atom stereocenters. The predicted octanol–water partition coefficient (Wildman–Crippen LogP) is 3.48. The Morgan fingerprint density at radius 2 is 1.58 bits per heavy atom. The number of hydrogen-bond acceptors (Lipinski definition) is 5. The average molecular weight is 425 g/mol. The molecular formula is C23H24FN3O4. The van der Waals surface area contributed by atoms with Gasteiger partial charge in [0.25, 0.3) is 11.8 Å². The van der Waals surface area contributed by atoms with Crippen molar-refractivity contribution >= 4 is 11.8 Å². The molecule has 0 spiro atoms. The van der Waals surface area contributed by atoms with E-state index in [9.17, 15) is 14.0 Å². The smallest absolute Gasteiger partial charge is 0.251 e. The molecule has 8 heteroatoms. The number of carbonyl (C=O) groups is 2. The van der Waals surface area contributed by atoms with Crippen LogP contribution in [0.4, 0.5) is 4.39 Å². The molecule has 2 amide bonds. The normalized spacial score (nSPS) is 10.6. The highest BCUT2D eigenvalue weighted by Crippen LogP contribution is 2.18. The van der Waals surface area contributed by atoms with Gasteiger partial charge in [0.2, 0.25) is 0 Å². The molecule has 1 heterocycles. The minimum absolute atomic E-state index is 0.221. The molecule has 2 aromatic carbocycles. The summed E-state index contributed by atoms with van der Waals surface area (Å²) in [6.07, 6.45) is 0. The summed E-state index contributed by atoms with van der Waals surface area (Å²) in [4.78, 5) is 24.3. The number of rotatable bonds is 8. The molecule has 1 aromatic heterocycles. The number of carbonyl (C=O) groups excluding carboxylic acids is 2. The van der Waals surface area contributed by atoms with Crippen LogP contribution in [0.15, 0.2) is 47.0 Å². The summed E-state index contributed by atoms with van der Waals surface area (Å²) < 4.78 is 24.4. The Morgan fingerprint density at radius 3 is 2.16 bits per heavy atom. The maximum absolute atomic E-state index is 13.6. The van der Waals surface area contributed by atoms with Crippen LogP contribution in [0, 0.1) is 26.6 Å². The molecule has 162 valence electrons. The fourth-order valence-electron chi connectivity index (χ4n) is 2.86. The Bertz CT molecular complexity index is 1060. The fraction of sp³-hybridized carbons (Fsp3) is 0.261. The summed E-state index contributed by atoms with van der Waals surface area (Å²) >= 11 is 0. The first-order valence-corrected chi connectivity index (χ1v) is 9.82. The van der Waals surface area contributed by atoms with Crippen molar-refractivity contribution in [2.45, 2.75) is 27.4 Å². The molecule has 3 rings (SSSR count). The summed E-state index contributed by atoms with van der Waals surface area (Å²) in [6, 6.07) is 11.0. The maximum Gasteiger partial charge on any atom is 0.251 e. The van der Waals surface area contributed by atoms with E-state index in [-0.39, 0.29) is 24.6 Å². The highest BCUT2D eigenvalue weighted by molar-refractivity contribution is 5.95. The van der Waals surface area contributed by atoms with Gasteiger partial charge < -0.3 is 19.9 Å². The monoisotopic (exact) mass is 425 g/mol. The number of benzene rings is 2. The Kier molecular flexibility index (Phi) is 7.02. The quantitative estimate of drug-likeness (QED) is 0.539. The topological polar surface area (TPSA) is 93.5 Å². The predicted molar refractivity (Wildman–Crippen MR) is 113 cm³/mol. The number of aromatic nitrogens is 1. The van der Waals surface area contributed by atoms with E-state index in [1.807, 2.05) is 13.8 Å². The molecule has 2 N–H and O–H groups in total. The van der Waals surface area contributed by atoms with E-state index in [0.29, 0.717) is 29.2 Å². The SMILES string of the molecule is Cc1ccc(C(=O)NCCNC(=O)c2ccc(OCc3c(C)noc3C)cc2)cc1F. The van der Waals surface area contributed by atoms with Crippen molar-refractivity contribution in [1.82, 2.24) is 15.8 Å². The molecule has 0 aliphatic rings. The average Bonchev–Trinajstić information content (AvgIpc) is 3.09. The van der Waals surface area contributed by atoms with Crippen molar-refractivity contribution in [1.29, 1.82) is 0 Å². The van der Waals surface area contributed by atoms with E-state index in [2.05, 4.69) is 15.8 Å².